The SMILES string of the molecule is CCCCC1NCN(C2CCC(OC)C2)C1=O. The minimum absolute atomic E-state index is 0.0662. The molecule has 3 atom stereocenters. The fraction of sp³-hybridized carbons (Fsp3) is 0.923. The molecule has 2 rings (SSSR count). The summed E-state index contributed by atoms with van der Waals surface area (Å²) in [6.07, 6.45) is 6.79. The van der Waals surface area contributed by atoms with Crippen LogP contribution in [0.3, 0.4) is 0 Å². The maximum atomic E-state index is 12.2. The molecule has 4 nitrogen and oxygen atoms in total. The van der Waals surface area contributed by atoms with E-state index in [2.05, 4.69) is 12.2 Å². The molecule has 1 aliphatic heterocycles. The molecule has 0 aromatic carbocycles. The molecule has 17 heavy (non-hydrogen) atoms. The van der Waals surface area contributed by atoms with Crippen LogP contribution < -0.4 is 5.32 Å². The lowest BCUT2D eigenvalue weighted by atomic mass is 10.1. The van der Waals surface area contributed by atoms with Gasteiger partial charge in [0.1, 0.15) is 0 Å². The second kappa shape index (κ2) is 5.83. The quantitative estimate of drug-likeness (QED) is 0.792. The molecule has 1 N–H and O–H groups in total. The Kier molecular flexibility index (Phi) is 4.40. The first-order valence-corrected chi connectivity index (χ1v) is 6.83. The lowest BCUT2D eigenvalue weighted by molar-refractivity contribution is -0.131. The third-order valence-electron chi connectivity index (χ3n) is 4.07. The second-order valence-electron chi connectivity index (χ2n) is 5.19. The smallest absolute Gasteiger partial charge is 0.241 e. The molecule has 0 aromatic rings. The maximum absolute atomic E-state index is 12.2. The largest absolute Gasteiger partial charge is 0.381 e. The van der Waals surface area contributed by atoms with Crippen molar-refractivity contribution in [3.63, 3.8) is 0 Å². The highest BCUT2D eigenvalue weighted by molar-refractivity contribution is 5.84. The molecule has 0 bridgehead atoms. The molecular weight excluding hydrogens is 216 g/mol. The zero-order chi connectivity index (χ0) is 12.3. The molecule has 1 saturated heterocycles. The van der Waals surface area contributed by atoms with Crippen LogP contribution in [-0.2, 0) is 9.53 Å². The van der Waals surface area contributed by atoms with Gasteiger partial charge in [-0.2, -0.15) is 0 Å². The summed E-state index contributed by atoms with van der Waals surface area (Å²) >= 11 is 0. The zero-order valence-corrected chi connectivity index (χ0v) is 10.9. The Hall–Kier alpha value is -0.610. The van der Waals surface area contributed by atoms with Crippen molar-refractivity contribution in [1.29, 1.82) is 0 Å². The molecule has 3 unspecified atom stereocenters. The van der Waals surface area contributed by atoms with Crippen molar-refractivity contribution in [2.45, 2.75) is 63.6 Å². The van der Waals surface area contributed by atoms with Crippen LogP contribution in [0.15, 0.2) is 0 Å². The van der Waals surface area contributed by atoms with Crippen LogP contribution in [0.25, 0.3) is 0 Å². The summed E-state index contributed by atoms with van der Waals surface area (Å²) in [5, 5.41) is 3.34. The van der Waals surface area contributed by atoms with Gasteiger partial charge in [0.05, 0.1) is 18.8 Å². The van der Waals surface area contributed by atoms with Crippen LogP contribution in [0, 0.1) is 0 Å². The minimum atomic E-state index is 0.0662. The number of hydrogen-bond donors (Lipinski definition) is 1. The van der Waals surface area contributed by atoms with Gasteiger partial charge in [0, 0.05) is 13.2 Å². The highest BCUT2D eigenvalue weighted by Crippen LogP contribution is 2.28. The Bertz CT molecular complexity index is 270. The topological polar surface area (TPSA) is 41.6 Å². The van der Waals surface area contributed by atoms with Gasteiger partial charge in [0.25, 0.3) is 0 Å². The standard InChI is InChI=1S/C13H24N2O2/c1-3-4-5-12-13(16)15(9-14-12)10-6-7-11(8-10)17-2/h10-12,14H,3-9H2,1-2H3. The summed E-state index contributed by atoms with van der Waals surface area (Å²) in [5.74, 6) is 0.306. The number of carbonyl (C=O) groups is 1. The summed E-state index contributed by atoms with van der Waals surface area (Å²) < 4.78 is 5.37. The van der Waals surface area contributed by atoms with Gasteiger partial charge in [0.15, 0.2) is 0 Å². The molecule has 0 spiro atoms. The van der Waals surface area contributed by atoms with Crippen molar-refractivity contribution in [3.05, 3.63) is 0 Å². The third-order valence-corrected chi connectivity index (χ3v) is 4.07. The summed E-state index contributed by atoms with van der Waals surface area (Å²) in [7, 11) is 1.77. The summed E-state index contributed by atoms with van der Waals surface area (Å²) in [4.78, 5) is 14.2. The molecule has 0 radical (unpaired) electrons. The van der Waals surface area contributed by atoms with Crippen molar-refractivity contribution in [3.8, 4) is 0 Å². The van der Waals surface area contributed by atoms with E-state index in [0.29, 0.717) is 18.1 Å². The second-order valence-corrected chi connectivity index (χ2v) is 5.19. The van der Waals surface area contributed by atoms with Gasteiger partial charge in [-0.05, 0) is 25.7 Å². The van der Waals surface area contributed by atoms with E-state index in [1.54, 1.807) is 7.11 Å². The highest BCUT2D eigenvalue weighted by atomic mass is 16.5. The molecule has 1 saturated carbocycles. The Balaban J connectivity index is 1.85. The molecule has 1 aliphatic carbocycles. The number of amides is 1. The normalized spacial score (nSPS) is 33.6. The zero-order valence-electron chi connectivity index (χ0n) is 10.9. The van der Waals surface area contributed by atoms with Gasteiger partial charge in [-0.3, -0.25) is 10.1 Å². The maximum Gasteiger partial charge on any atom is 0.241 e. The Morgan fingerprint density at radius 1 is 1.47 bits per heavy atom. The third kappa shape index (κ3) is 2.80. The van der Waals surface area contributed by atoms with Crippen molar-refractivity contribution in [1.82, 2.24) is 10.2 Å². The first-order chi connectivity index (χ1) is 8.26. The lowest BCUT2D eigenvalue weighted by Crippen LogP contribution is -2.37. The van der Waals surface area contributed by atoms with Crippen LogP contribution in [-0.4, -0.2) is 42.8 Å². The highest BCUT2D eigenvalue weighted by Gasteiger charge is 2.38. The Morgan fingerprint density at radius 2 is 2.29 bits per heavy atom. The van der Waals surface area contributed by atoms with E-state index in [-0.39, 0.29) is 6.04 Å². The number of hydrogen-bond acceptors (Lipinski definition) is 3. The van der Waals surface area contributed by atoms with Crippen molar-refractivity contribution in [2.75, 3.05) is 13.8 Å². The van der Waals surface area contributed by atoms with Crippen LogP contribution in [0.1, 0.15) is 45.4 Å². The number of ether oxygens (including phenoxy) is 1. The van der Waals surface area contributed by atoms with Gasteiger partial charge in [-0.1, -0.05) is 19.8 Å². The molecule has 2 fully saturated rings. The van der Waals surface area contributed by atoms with E-state index in [1.165, 1.54) is 0 Å². The van der Waals surface area contributed by atoms with Crippen LogP contribution in [0.2, 0.25) is 0 Å². The first kappa shape index (κ1) is 12.8. The van der Waals surface area contributed by atoms with Crippen molar-refractivity contribution >= 4 is 5.91 Å². The summed E-state index contributed by atoms with van der Waals surface area (Å²) in [6.45, 7) is 2.89. The molecular formula is C13H24N2O2. The Labute approximate surface area is 104 Å². The van der Waals surface area contributed by atoms with E-state index in [9.17, 15) is 4.79 Å². The average Bonchev–Trinajstić information content (AvgIpc) is 2.93. The molecule has 0 aromatic heterocycles. The van der Waals surface area contributed by atoms with Gasteiger partial charge in [0.2, 0.25) is 5.91 Å². The number of nitrogens with one attached hydrogen (secondary N) is 1. The fourth-order valence-corrected chi connectivity index (χ4v) is 2.93. The Morgan fingerprint density at radius 3 is 2.94 bits per heavy atom. The summed E-state index contributed by atoms with van der Waals surface area (Å²) in [6, 6.07) is 0.461. The van der Waals surface area contributed by atoms with E-state index in [4.69, 9.17) is 4.74 Å². The fourth-order valence-electron chi connectivity index (χ4n) is 2.93. The molecule has 1 amide bonds. The predicted molar refractivity (Wildman–Crippen MR) is 66.6 cm³/mol. The lowest BCUT2D eigenvalue weighted by Gasteiger charge is -2.23. The van der Waals surface area contributed by atoms with E-state index in [0.717, 1.165) is 45.2 Å². The van der Waals surface area contributed by atoms with Crippen LogP contribution in [0.5, 0.6) is 0 Å². The molecule has 4 heteroatoms. The van der Waals surface area contributed by atoms with E-state index in [1.807, 2.05) is 4.90 Å². The first-order valence-electron chi connectivity index (χ1n) is 6.83. The molecule has 2 aliphatic rings. The van der Waals surface area contributed by atoms with E-state index < -0.39 is 0 Å². The van der Waals surface area contributed by atoms with Gasteiger partial charge in [-0.25, -0.2) is 0 Å². The number of carbonyl (C=O) groups excluding carboxylic acids is 1. The number of methoxy groups -OCH3 is 1. The van der Waals surface area contributed by atoms with Gasteiger partial charge < -0.3 is 9.64 Å². The minimum Gasteiger partial charge on any atom is -0.381 e. The average molecular weight is 240 g/mol. The molecule has 1 heterocycles. The van der Waals surface area contributed by atoms with Gasteiger partial charge >= 0.3 is 0 Å². The van der Waals surface area contributed by atoms with Crippen molar-refractivity contribution < 1.29 is 9.53 Å². The number of nitrogens with zero attached hydrogens (tertiary/aromatic N) is 1. The van der Waals surface area contributed by atoms with Crippen LogP contribution >= 0.6 is 0 Å². The van der Waals surface area contributed by atoms with E-state index >= 15 is 0 Å². The predicted octanol–water partition coefficient (Wildman–Crippen LogP) is 1.50. The number of rotatable bonds is 5. The number of unbranched alkanes of at least 4 members (excludes halogenated alkanes) is 1. The van der Waals surface area contributed by atoms with Crippen molar-refractivity contribution in [2.24, 2.45) is 0 Å². The molecule has 98 valence electrons. The van der Waals surface area contributed by atoms with Gasteiger partial charge in [-0.15, -0.1) is 0 Å². The summed E-state index contributed by atoms with van der Waals surface area (Å²) in [5.41, 5.74) is 0. The van der Waals surface area contributed by atoms with Crippen LogP contribution in [0.4, 0.5) is 0 Å². The monoisotopic (exact) mass is 240 g/mol.